The van der Waals surface area contributed by atoms with Gasteiger partial charge in [0.1, 0.15) is 5.41 Å². The Hall–Kier alpha value is -0.970. The van der Waals surface area contributed by atoms with E-state index < -0.39 is 5.41 Å². The Labute approximate surface area is 67.9 Å². The third kappa shape index (κ3) is 3.08. The van der Waals surface area contributed by atoms with Gasteiger partial charge in [-0.2, -0.15) is 0 Å². The molecule has 0 rings (SSSR count). The van der Waals surface area contributed by atoms with Crippen LogP contribution in [0.15, 0.2) is 0 Å². The fourth-order valence-electron chi connectivity index (χ4n) is 0.675. The number of hydrogen-bond donors (Lipinski definition) is 0. The molecule has 0 aromatic heterocycles. The lowest BCUT2D eigenvalue weighted by atomic mass is 9.95. The molecule has 0 aromatic carbocycles. The molecular formula is C9H14O2. The number of rotatable bonds is 2. The molecular weight excluding hydrogens is 140 g/mol. The molecule has 0 saturated heterocycles. The minimum Gasteiger partial charge on any atom is -0.465 e. The van der Waals surface area contributed by atoms with Crippen LogP contribution in [0.5, 0.6) is 0 Å². The number of carbonyl (C=O) groups is 1. The predicted octanol–water partition coefficient (Wildman–Crippen LogP) is 1.60. The largest absolute Gasteiger partial charge is 0.465 e. The number of hydrogen-bond acceptors (Lipinski definition) is 2. The van der Waals surface area contributed by atoms with Gasteiger partial charge in [0.25, 0.3) is 0 Å². The average Bonchev–Trinajstić information content (AvgIpc) is 1.88. The number of esters is 1. The summed E-state index contributed by atoms with van der Waals surface area (Å²) in [4.78, 5) is 11.1. The van der Waals surface area contributed by atoms with Crippen LogP contribution in [0.1, 0.15) is 27.7 Å². The van der Waals surface area contributed by atoms with E-state index in [-0.39, 0.29) is 5.97 Å². The van der Waals surface area contributed by atoms with Crippen LogP contribution in [-0.2, 0) is 9.53 Å². The summed E-state index contributed by atoms with van der Waals surface area (Å²) in [5.74, 6) is 5.22. The van der Waals surface area contributed by atoms with Crippen molar-refractivity contribution in [3.8, 4) is 11.8 Å². The zero-order chi connectivity index (χ0) is 8.91. The highest BCUT2D eigenvalue weighted by Gasteiger charge is 2.26. The second kappa shape index (κ2) is 4.02. The molecule has 0 aliphatic carbocycles. The van der Waals surface area contributed by atoms with Crippen LogP contribution in [-0.4, -0.2) is 12.6 Å². The standard InChI is InChI=1S/C9H14O2/c1-5-7-9(3,4)8(10)11-6-2/h6H2,1-4H3. The third-order valence-electron chi connectivity index (χ3n) is 1.22. The van der Waals surface area contributed by atoms with Gasteiger partial charge in [0.2, 0.25) is 0 Å². The third-order valence-corrected chi connectivity index (χ3v) is 1.22. The highest BCUT2D eigenvalue weighted by Crippen LogP contribution is 2.15. The van der Waals surface area contributed by atoms with Crippen LogP contribution in [0.4, 0.5) is 0 Å². The van der Waals surface area contributed by atoms with Gasteiger partial charge in [-0.25, -0.2) is 0 Å². The summed E-state index contributed by atoms with van der Waals surface area (Å²) >= 11 is 0. The van der Waals surface area contributed by atoms with E-state index in [1.165, 1.54) is 0 Å². The Morgan fingerprint density at radius 1 is 1.55 bits per heavy atom. The highest BCUT2D eigenvalue weighted by molar-refractivity contribution is 5.79. The first-order valence-corrected chi connectivity index (χ1v) is 3.65. The molecule has 11 heavy (non-hydrogen) atoms. The summed E-state index contributed by atoms with van der Waals surface area (Å²) in [6, 6.07) is 0. The summed E-state index contributed by atoms with van der Waals surface area (Å²) in [5.41, 5.74) is -0.662. The van der Waals surface area contributed by atoms with Gasteiger partial charge in [0.15, 0.2) is 0 Å². The average molecular weight is 154 g/mol. The van der Waals surface area contributed by atoms with Crippen LogP contribution in [0, 0.1) is 17.3 Å². The zero-order valence-corrected chi connectivity index (χ0v) is 7.52. The molecule has 0 spiro atoms. The van der Waals surface area contributed by atoms with E-state index in [1.54, 1.807) is 27.7 Å². The maximum Gasteiger partial charge on any atom is 0.323 e. The van der Waals surface area contributed by atoms with E-state index in [9.17, 15) is 4.79 Å². The van der Waals surface area contributed by atoms with Gasteiger partial charge in [-0.3, -0.25) is 4.79 Å². The molecule has 0 aromatic rings. The Morgan fingerprint density at radius 3 is 2.45 bits per heavy atom. The first-order chi connectivity index (χ1) is 5.04. The predicted molar refractivity (Wildman–Crippen MR) is 43.9 cm³/mol. The van der Waals surface area contributed by atoms with Crippen molar-refractivity contribution >= 4 is 5.97 Å². The summed E-state index contributed by atoms with van der Waals surface area (Å²) in [6.07, 6.45) is 0. The molecule has 0 N–H and O–H groups in total. The minimum atomic E-state index is -0.662. The topological polar surface area (TPSA) is 26.3 Å². The molecule has 2 nitrogen and oxygen atoms in total. The molecule has 0 unspecified atom stereocenters. The van der Waals surface area contributed by atoms with E-state index in [2.05, 4.69) is 11.8 Å². The van der Waals surface area contributed by atoms with Crippen LogP contribution >= 0.6 is 0 Å². The summed E-state index contributed by atoms with van der Waals surface area (Å²) in [7, 11) is 0. The summed E-state index contributed by atoms with van der Waals surface area (Å²) in [5, 5.41) is 0. The van der Waals surface area contributed by atoms with E-state index in [0.717, 1.165) is 0 Å². The number of ether oxygens (including phenoxy) is 1. The summed E-state index contributed by atoms with van der Waals surface area (Å²) in [6.45, 7) is 7.41. The molecule has 0 bridgehead atoms. The Bertz CT molecular complexity index is 193. The van der Waals surface area contributed by atoms with Crippen LogP contribution in [0.3, 0.4) is 0 Å². The van der Waals surface area contributed by atoms with Crippen molar-refractivity contribution in [3.05, 3.63) is 0 Å². The lowest BCUT2D eigenvalue weighted by Crippen LogP contribution is -2.24. The van der Waals surface area contributed by atoms with Crippen molar-refractivity contribution in [3.63, 3.8) is 0 Å². The van der Waals surface area contributed by atoms with E-state index >= 15 is 0 Å². The van der Waals surface area contributed by atoms with E-state index in [4.69, 9.17) is 4.74 Å². The summed E-state index contributed by atoms with van der Waals surface area (Å²) < 4.78 is 4.82. The Balaban J connectivity index is 4.25. The molecule has 0 saturated carbocycles. The van der Waals surface area contributed by atoms with Gasteiger partial charge in [-0.15, -0.1) is 5.92 Å². The van der Waals surface area contributed by atoms with Gasteiger partial charge in [-0.1, -0.05) is 5.92 Å². The lowest BCUT2D eigenvalue weighted by molar-refractivity contribution is -0.150. The molecule has 2 heteroatoms. The normalized spacial score (nSPS) is 9.82. The quantitative estimate of drug-likeness (QED) is 0.446. The second-order valence-corrected chi connectivity index (χ2v) is 2.72. The van der Waals surface area contributed by atoms with Crippen molar-refractivity contribution in [2.45, 2.75) is 27.7 Å². The van der Waals surface area contributed by atoms with Gasteiger partial charge >= 0.3 is 5.97 Å². The minimum absolute atomic E-state index is 0.255. The fourth-order valence-corrected chi connectivity index (χ4v) is 0.675. The SMILES string of the molecule is CC#CC(C)(C)C(=O)OCC. The maximum absolute atomic E-state index is 11.1. The molecule has 0 fully saturated rings. The van der Waals surface area contributed by atoms with E-state index in [0.29, 0.717) is 6.61 Å². The Kier molecular flexibility index (Phi) is 3.67. The van der Waals surface area contributed by atoms with Crippen molar-refractivity contribution in [1.29, 1.82) is 0 Å². The van der Waals surface area contributed by atoms with Crippen molar-refractivity contribution in [1.82, 2.24) is 0 Å². The fraction of sp³-hybridized carbons (Fsp3) is 0.667. The smallest absolute Gasteiger partial charge is 0.323 e. The monoisotopic (exact) mass is 154 g/mol. The van der Waals surface area contributed by atoms with Gasteiger partial charge in [0.05, 0.1) is 6.61 Å². The molecule has 0 heterocycles. The van der Waals surface area contributed by atoms with Gasteiger partial charge in [0, 0.05) is 0 Å². The highest BCUT2D eigenvalue weighted by atomic mass is 16.5. The zero-order valence-electron chi connectivity index (χ0n) is 7.52. The van der Waals surface area contributed by atoms with Crippen LogP contribution < -0.4 is 0 Å². The van der Waals surface area contributed by atoms with Crippen LogP contribution in [0.2, 0.25) is 0 Å². The second-order valence-electron chi connectivity index (χ2n) is 2.72. The molecule has 0 amide bonds. The molecule has 0 aliphatic rings. The molecule has 62 valence electrons. The van der Waals surface area contributed by atoms with Crippen LogP contribution in [0.25, 0.3) is 0 Å². The number of carbonyl (C=O) groups excluding carboxylic acids is 1. The van der Waals surface area contributed by atoms with Crippen molar-refractivity contribution < 1.29 is 9.53 Å². The molecule has 0 aliphatic heterocycles. The lowest BCUT2D eigenvalue weighted by Gasteiger charge is -2.14. The van der Waals surface area contributed by atoms with Crippen molar-refractivity contribution in [2.24, 2.45) is 5.41 Å². The van der Waals surface area contributed by atoms with E-state index in [1.807, 2.05) is 0 Å². The van der Waals surface area contributed by atoms with Gasteiger partial charge in [-0.05, 0) is 27.7 Å². The molecule has 0 radical (unpaired) electrons. The molecule has 0 atom stereocenters. The maximum atomic E-state index is 11.1. The van der Waals surface area contributed by atoms with Crippen molar-refractivity contribution in [2.75, 3.05) is 6.61 Å². The first kappa shape index (κ1) is 10.0. The Morgan fingerprint density at radius 2 is 2.09 bits per heavy atom. The first-order valence-electron chi connectivity index (χ1n) is 3.65. The van der Waals surface area contributed by atoms with Gasteiger partial charge < -0.3 is 4.74 Å².